The topological polar surface area (TPSA) is 70.6 Å². The monoisotopic (exact) mass is 439 g/mol. The van der Waals surface area contributed by atoms with E-state index in [0.717, 1.165) is 29.7 Å². The average Bonchev–Trinajstić information content (AvgIpc) is 2.65. The second-order valence-electron chi connectivity index (χ2n) is 6.80. The molecule has 29 heavy (non-hydrogen) atoms. The lowest BCUT2D eigenvalue weighted by molar-refractivity contribution is 0.600. The molecule has 0 aromatic heterocycles. The van der Waals surface area contributed by atoms with Gasteiger partial charge in [0, 0.05) is 24.4 Å². The van der Waals surface area contributed by atoms with Crippen molar-refractivity contribution in [3.8, 4) is 0 Å². The fourth-order valence-electron chi connectivity index (χ4n) is 2.86. The first-order valence-electron chi connectivity index (χ1n) is 9.49. The molecular formula is C21H27ClFN3O2S. The number of rotatable bonds is 9. The molecule has 2 aromatic rings. The fourth-order valence-corrected chi connectivity index (χ4v) is 3.93. The van der Waals surface area contributed by atoms with Crippen molar-refractivity contribution < 1.29 is 12.8 Å². The summed E-state index contributed by atoms with van der Waals surface area (Å²) in [6.07, 6.45) is 2.87. The zero-order chi connectivity index (χ0) is 21.3. The molecule has 0 saturated heterocycles. The van der Waals surface area contributed by atoms with Gasteiger partial charge in [-0.3, -0.25) is 0 Å². The normalized spacial score (nSPS) is 12.1. The van der Waals surface area contributed by atoms with Gasteiger partial charge in [0.1, 0.15) is 5.82 Å². The summed E-state index contributed by atoms with van der Waals surface area (Å²) in [6, 6.07) is 11.9. The van der Waals surface area contributed by atoms with Crippen molar-refractivity contribution in [3.63, 3.8) is 0 Å². The van der Waals surface area contributed by atoms with Gasteiger partial charge in [0.2, 0.25) is 0 Å². The summed E-state index contributed by atoms with van der Waals surface area (Å²) in [5.74, 6) is 0.0475. The van der Waals surface area contributed by atoms with Crippen LogP contribution in [0.4, 0.5) is 4.39 Å². The van der Waals surface area contributed by atoms with Crippen LogP contribution in [0.2, 0.25) is 5.02 Å². The Morgan fingerprint density at radius 1 is 1.10 bits per heavy atom. The predicted octanol–water partition coefficient (Wildman–Crippen LogP) is 3.71. The maximum absolute atomic E-state index is 13.7. The van der Waals surface area contributed by atoms with Crippen LogP contribution < -0.4 is 10.6 Å². The number of nitrogens with zero attached hydrogens (tertiary/aromatic N) is 1. The van der Waals surface area contributed by atoms with Crippen LogP contribution in [0.3, 0.4) is 0 Å². The van der Waals surface area contributed by atoms with Crippen LogP contribution in [0.1, 0.15) is 30.0 Å². The molecule has 158 valence electrons. The number of aliphatic imine (C=N–C) groups is 1. The van der Waals surface area contributed by atoms with Gasteiger partial charge in [0.25, 0.3) is 0 Å². The summed E-state index contributed by atoms with van der Waals surface area (Å²) in [6.45, 7) is 3.51. The minimum absolute atomic E-state index is 0.139. The number of guanidine groups is 1. The molecule has 0 unspecified atom stereocenters. The van der Waals surface area contributed by atoms with E-state index in [-0.39, 0.29) is 12.3 Å². The Bertz CT molecular complexity index is 949. The molecule has 2 rings (SSSR count). The molecule has 0 heterocycles. The standard InChI is InChI=1S/C21H27ClFN3O2S/c1-3-24-21(25-12-6-8-16-7-4-5-9-20(16)22)26-14-18-13-19(23)11-10-17(18)15-29(2,27)28/h4-5,7,9-11,13H,3,6,8,12,14-15H2,1-2H3,(H2,24,25,26). The van der Waals surface area contributed by atoms with E-state index >= 15 is 0 Å². The van der Waals surface area contributed by atoms with Crippen LogP contribution in [0, 0.1) is 5.82 Å². The molecule has 0 aliphatic heterocycles. The van der Waals surface area contributed by atoms with Crippen molar-refractivity contribution in [3.05, 3.63) is 70.0 Å². The van der Waals surface area contributed by atoms with Crippen LogP contribution in [0.15, 0.2) is 47.5 Å². The fraction of sp³-hybridized carbons (Fsp3) is 0.381. The van der Waals surface area contributed by atoms with Gasteiger partial charge in [-0.1, -0.05) is 35.9 Å². The second kappa shape index (κ2) is 11.2. The smallest absolute Gasteiger partial charge is 0.191 e. The lowest BCUT2D eigenvalue weighted by Gasteiger charge is -2.13. The van der Waals surface area contributed by atoms with E-state index in [1.165, 1.54) is 18.2 Å². The highest BCUT2D eigenvalue weighted by Gasteiger charge is 2.11. The van der Waals surface area contributed by atoms with Crippen molar-refractivity contribution in [2.45, 2.75) is 32.1 Å². The van der Waals surface area contributed by atoms with E-state index in [1.54, 1.807) is 0 Å². The van der Waals surface area contributed by atoms with Gasteiger partial charge >= 0.3 is 0 Å². The van der Waals surface area contributed by atoms with Crippen LogP contribution >= 0.6 is 11.6 Å². The summed E-state index contributed by atoms with van der Waals surface area (Å²) in [5, 5.41) is 7.15. The Kier molecular flexibility index (Phi) is 8.92. The highest BCUT2D eigenvalue weighted by atomic mass is 35.5. The minimum atomic E-state index is -3.22. The molecule has 0 radical (unpaired) electrons. The summed E-state index contributed by atoms with van der Waals surface area (Å²) in [4.78, 5) is 4.48. The second-order valence-corrected chi connectivity index (χ2v) is 9.35. The zero-order valence-corrected chi connectivity index (χ0v) is 18.3. The molecule has 8 heteroatoms. The molecule has 2 N–H and O–H groups in total. The molecule has 0 bridgehead atoms. The Labute approximate surface area is 177 Å². The van der Waals surface area contributed by atoms with E-state index in [2.05, 4.69) is 15.6 Å². The zero-order valence-electron chi connectivity index (χ0n) is 16.7. The van der Waals surface area contributed by atoms with Crippen molar-refractivity contribution in [1.82, 2.24) is 10.6 Å². The third-order valence-corrected chi connectivity index (χ3v) is 5.42. The average molecular weight is 440 g/mol. The summed E-state index contributed by atoms with van der Waals surface area (Å²) >= 11 is 6.18. The van der Waals surface area contributed by atoms with Crippen LogP contribution in [-0.4, -0.2) is 33.7 Å². The van der Waals surface area contributed by atoms with Gasteiger partial charge in [0.05, 0.1) is 12.3 Å². The molecule has 5 nitrogen and oxygen atoms in total. The third kappa shape index (κ3) is 8.41. The lowest BCUT2D eigenvalue weighted by Crippen LogP contribution is -2.37. The van der Waals surface area contributed by atoms with Crippen molar-refractivity contribution in [2.75, 3.05) is 19.3 Å². The van der Waals surface area contributed by atoms with Gasteiger partial charge in [-0.25, -0.2) is 17.8 Å². The van der Waals surface area contributed by atoms with E-state index in [9.17, 15) is 12.8 Å². The van der Waals surface area contributed by atoms with Gasteiger partial charge in [-0.05, 0) is 54.7 Å². The Hall–Kier alpha value is -2.12. The number of sulfone groups is 1. The first kappa shape index (κ1) is 23.2. The minimum Gasteiger partial charge on any atom is -0.357 e. The summed E-state index contributed by atoms with van der Waals surface area (Å²) in [5.41, 5.74) is 2.22. The van der Waals surface area contributed by atoms with Crippen LogP contribution in [0.25, 0.3) is 0 Å². The highest BCUT2D eigenvalue weighted by molar-refractivity contribution is 7.89. The van der Waals surface area contributed by atoms with Crippen LogP contribution in [-0.2, 0) is 28.6 Å². The predicted molar refractivity (Wildman–Crippen MR) is 118 cm³/mol. The number of benzene rings is 2. The number of hydrogen-bond acceptors (Lipinski definition) is 3. The first-order valence-corrected chi connectivity index (χ1v) is 11.9. The quantitative estimate of drug-likeness (QED) is 0.355. The summed E-state index contributed by atoms with van der Waals surface area (Å²) < 4.78 is 36.9. The Morgan fingerprint density at radius 2 is 1.86 bits per heavy atom. The molecule has 0 atom stereocenters. The largest absolute Gasteiger partial charge is 0.357 e. The van der Waals surface area contributed by atoms with Crippen molar-refractivity contribution in [2.24, 2.45) is 4.99 Å². The molecule has 2 aromatic carbocycles. The first-order chi connectivity index (χ1) is 13.8. The third-order valence-electron chi connectivity index (χ3n) is 4.21. The van der Waals surface area contributed by atoms with Gasteiger partial charge in [-0.15, -0.1) is 0 Å². The van der Waals surface area contributed by atoms with Gasteiger partial charge in [-0.2, -0.15) is 0 Å². The summed E-state index contributed by atoms with van der Waals surface area (Å²) in [7, 11) is -3.22. The SMILES string of the molecule is CCNC(=NCc1cc(F)ccc1CS(C)(=O)=O)NCCCc1ccccc1Cl. The number of hydrogen-bond donors (Lipinski definition) is 2. The van der Waals surface area contributed by atoms with Crippen molar-refractivity contribution in [1.29, 1.82) is 0 Å². The Morgan fingerprint density at radius 3 is 2.55 bits per heavy atom. The van der Waals surface area contributed by atoms with E-state index in [1.807, 2.05) is 31.2 Å². The molecule has 0 fully saturated rings. The van der Waals surface area contributed by atoms with Gasteiger partial charge < -0.3 is 10.6 Å². The van der Waals surface area contributed by atoms with E-state index in [0.29, 0.717) is 30.2 Å². The number of halogens is 2. The molecular weight excluding hydrogens is 413 g/mol. The van der Waals surface area contributed by atoms with E-state index < -0.39 is 15.7 Å². The molecule has 0 aliphatic rings. The van der Waals surface area contributed by atoms with Gasteiger partial charge in [0.15, 0.2) is 15.8 Å². The number of aryl methyl sites for hydroxylation is 1. The van der Waals surface area contributed by atoms with Crippen LogP contribution in [0.5, 0.6) is 0 Å². The highest BCUT2D eigenvalue weighted by Crippen LogP contribution is 2.17. The molecule has 0 aliphatic carbocycles. The molecule has 0 amide bonds. The lowest BCUT2D eigenvalue weighted by atomic mass is 10.1. The van der Waals surface area contributed by atoms with Crippen molar-refractivity contribution >= 4 is 27.4 Å². The van der Waals surface area contributed by atoms with E-state index in [4.69, 9.17) is 11.6 Å². The molecule has 0 spiro atoms. The Balaban J connectivity index is 2.00. The maximum atomic E-state index is 13.7. The molecule has 0 saturated carbocycles. The maximum Gasteiger partial charge on any atom is 0.191 e. The number of nitrogens with one attached hydrogen (secondary N) is 2.